The van der Waals surface area contributed by atoms with Crippen molar-refractivity contribution in [1.29, 1.82) is 0 Å². The molecule has 1 amide bonds. The van der Waals surface area contributed by atoms with Crippen LogP contribution in [0.4, 0.5) is 5.82 Å². The molecule has 1 saturated heterocycles. The molecule has 0 spiro atoms. The van der Waals surface area contributed by atoms with Crippen LogP contribution in [0.5, 0.6) is 0 Å². The van der Waals surface area contributed by atoms with E-state index >= 15 is 0 Å². The van der Waals surface area contributed by atoms with Gasteiger partial charge in [-0.1, -0.05) is 24.3 Å². The van der Waals surface area contributed by atoms with Gasteiger partial charge in [0, 0.05) is 32.3 Å². The lowest BCUT2D eigenvalue weighted by Gasteiger charge is -2.16. The quantitative estimate of drug-likeness (QED) is 0.918. The van der Waals surface area contributed by atoms with Gasteiger partial charge in [-0.3, -0.25) is 4.79 Å². The zero-order valence-corrected chi connectivity index (χ0v) is 11.3. The first kappa shape index (κ1) is 12.7. The normalized spacial score (nSPS) is 15.0. The lowest BCUT2D eigenvalue weighted by molar-refractivity contribution is -0.128. The molecule has 0 saturated carbocycles. The van der Waals surface area contributed by atoms with Gasteiger partial charge < -0.3 is 15.2 Å². The third-order valence-electron chi connectivity index (χ3n) is 3.55. The fourth-order valence-electron chi connectivity index (χ4n) is 2.59. The minimum absolute atomic E-state index is 0.262. The van der Waals surface area contributed by atoms with Crippen LogP contribution in [0, 0.1) is 0 Å². The van der Waals surface area contributed by atoms with Gasteiger partial charge in [0.15, 0.2) is 0 Å². The first-order valence-corrected chi connectivity index (χ1v) is 6.83. The van der Waals surface area contributed by atoms with Gasteiger partial charge in [-0.2, -0.15) is 0 Å². The molecule has 1 aliphatic heterocycles. The predicted molar refractivity (Wildman–Crippen MR) is 76.8 cm³/mol. The first-order valence-electron chi connectivity index (χ1n) is 6.83. The molecule has 0 unspecified atom stereocenters. The third-order valence-corrected chi connectivity index (χ3v) is 3.55. The van der Waals surface area contributed by atoms with E-state index in [0.717, 1.165) is 19.5 Å². The number of aromatic nitrogens is 2. The van der Waals surface area contributed by atoms with Crippen molar-refractivity contribution >= 4 is 11.7 Å². The third kappa shape index (κ3) is 2.82. The highest BCUT2D eigenvalue weighted by Crippen LogP contribution is 2.15. The summed E-state index contributed by atoms with van der Waals surface area (Å²) in [5, 5.41) is 0. The fraction of sp³-hybridized carbons (Fsp3) is 0.333. The van der Waals surface area contributed by atoms with E-state index in [1.54, 1.807) is 6.33 Å². The molecule has 5 heteroatoms. The molecule has 2 N–H and O–H groups in total. The minimum Gasteiger partial charge on any atom is -0.382 e. The van der Waals surface area contributed by atoms with E-state index in [0.29, 0.717) is 18.8 Å². The molecule has 104 valence electrons. The topological polar surface area (TPSA) is 64.2 Å². The van der Waals surface area contributed by atoms with Crippen LogP contribution in [-0.2, 0) is 17.9 Å². The SMILES string of the molecule is Nc1cn(Cc2cccc(CN3CCCC3=O)c2)cn1. The molecule has 1 aliphatic rings. The van der Waals surface area contributed by atoms with E-state index < -0.39 is 0 Å². The number of rotatable bonds is 4. The van der Waals surface area contributed by atoms with Crippen molar-refractivity contribution in [3.8, 4) is 0 Å². The second-order valence-electron chi connectivity index (χ2n) is 5.21. The number of carbonyl (C=O) groups is 1. The second-order valence-corrected chi connectivity index (χ2v) is 5.21. The smallest absolute Gasteiger partial charge is 0.222 e. The lowest BCUT2D eigenvalue weighted by atomic mass is 10.1. The Balaban J connectivity index is 1.70. The summed E-state index contributed by atoms with van der Waals surface area (Å²) in [6.07, 6.45) is 5.21. The number of hydrogen-bond donors (Lipinski definition) is 1. The molecule has 3 rings (SSSR count). The Kier molecular flexibility index (Phi) is 3.41. The molecule has 20 heavy (non-hydrogen) atoms. The van der Waals surface area contributed by atoms with Gasteiger partial charge in [-0.25, -0.2) is 4.98 Å². The summed E-state index contributed by atoms with van der Waals surface area (Å²) in [5.41, 5.74) is 7.97. The van der Waals surface area contributed by atoms with Gasteiger partial charge >= 0.3 is 0 Å². The first-order chi connectivity index (χ1) is 9.70. The van der Waals surface area contributed by atoms with Crippen LogP contribution in [0.2, 0.25) is 0 Å². The Hall–Kier alpha value is -2.30. The summed E-state index contributed by atoms with van der Waals surface area (Å²) in [6.45, 7) is 2.33. The predicted octanol–water partition coefficient (Wildman–Crippen LogP) is 1.64. The van der Waals surface area contributed by atoms with E-state index in [-0.39, 0.29) is 5.91 Å². The van der Waals surface area contributed by atoms with Crippen molar-refractivity contribution in [3.05, 3.63) is 47.9 Å². The summed E-state index contributed by atoms with van der Waals surface area (Å²) in [5.74, 6) is 0.793. The van der Waals surface area contributed by atoms with Crippen molar-refractivity contribution in [2.24, 2.45) is 0 Å². The molecule has 0 atom stereocenters. The van der Waals surface area contributed by atoms with Gasteiger partial charge in [0.2, 0.25) is 5.91 Å². The van der Waals surface area contributed by atoms with Gasteiger partial charge in [0.05, 0.1) is 6.33 Å². The van der Waals surface area contributed by atoms with Gasteiger partial charge in [-0.15, -0.1) is 0 Å². The molecular formula is C15H18N4O. The number of amides is 1. The number of benzene rings is 1. The van der Waals surface area contributed by atoms with Crippen LogP contribution >= 0.6 is 0 Å². The summed E-state index contributed by atoms with van der Waals surface area (Å²) in [6, 6.07) is 8.32. The maximum atomic E-state index is 11.7. The summed E-state index contributed by atoms with van der Waals surface area (Å²) in [7, 11) is 0. The molecular weight excluding hydrogens is 252 g/mol. The Morgan fingerprint density at radius 1 is 1.25 bits per heavy atom. The van der Waals surface area contributed by atoms with Crippen LogP contribution in [0.1, 0.15) is 24.0 Å². The highest BCUT2D eigenvalue weighted by atomic mass is 16.2. The standard InChI is InChI=1S/C15H18N4O/c16-14-10-18(11-17-14)8-12-3-1-4-13(7-12)9-19-6-2-5-15(19)20/h1,3-4,7,10-11H,2,5-6,8-9,16H2. The number of likely N-dealkylation sites (tertiary alicyclic amines) is 1. The number of hydrogen-bond acceptors (Lipinski definition) is 3. The summed E-state index contributed by atoms with van der Waals surface area (Å²) >= 11 is 0. The summed E-state index contributed by atoms with van der Waals surface area (Å²) < 4.78 is 1.95. The van der Waals surface area contributed by atoms with Gasteiger partial charge in [0.1, 0.15) is 5.82 Å². The minimum atomic E-state index is 0.262. The van der Waals surface area contributed by atoms with Crippen molar-refractivity contribution in [2.75, 3.05) is 12.3 Å². The van der Waals surface area contributed by atoms with Crippen LogP contribution in [0.25, 0.3) is 0 Å². The zero-order chi connectivity index (χ0) is 13.9. The summed E-state index contributed by atoms with van der Waals surface area (Å²) in [4.78, 5) is 17.6. The van der Waals surface area contributed by atoms with Crippen molar-refractivity contribution < 1.29 is 4.79 Å². The highest BCUT2D eigenvalue weighted by molar-refractivity contribution is 5.78. The Labute approximate surface area is 118 Å². The van der Waals surface area contributed by atoms with Crippen LogP contribution in [0.15, 0.2) is 36.8 Å². The largest absolute Gasteiger partial charge is 0.382 e. The van der Waals surface area contributed by atoms with Crippen LogP contribution in [0.3, 0.4) is 0 Å². The average Bonchev–Trinajstić information content (AvgIpc) is 3.00. The number of nitrogens with two attached hydrogens (primary N) is 1. The van der Waals surface area contributed by atoms with Crippen molar-refractivity contribution in [2.45, 2.75) is 25.9 Å². The Morgan fingerprint density at radius 3 is 2.70 bits per heavy atom. The maximum Gasteiger partial charge on any atom is 0.222 e. The van der Waals surface area contributed by atoms with E-state index in [9.17, 15) is 4.79 Å². The maximum absolute atomic E-state index is 11.7. The van der Waals surface area contributed by atoms with Crippen molar-refractivity contribution in [1.82, 2.24) is 14.5 Å². The Morgan fingerprint density at radius 2 is 2.05 bits per heavy atom. The molecule has 0 aliphatic carbocycles. The number of nitrogen functional groups attached to an aromatic ring is 1. The number of carbonyl (C=O) groups excluding carboxylic acids is 1. The van der Waals surface area contributed by atoms with Gasteiger partial charge in [0.25, 0.3) is 0 Å². The van der Waals surface area contributed by atoms with Crippen LogP contribution < -0.4 is 5.73 Å². The van der Waals surface area contributed by atoms with E-state index in [1.165, 1.54) is 11.1 Å². The average molecular weight is 270 g/mol. The van der Waals surface area contributed by atoms with Crippen molar-refractivity contribution in [3.63, 3.8) is 0 Å². The molecule has 1 aromatic carbocycles. The molecule has 0 radical (unpaired) electrons. The monoisotopic (exact) mass is 270 g/mol. The highest BCUT2D eigenvalue weighted by Gasteiger charge is 2.19. The Bertz CT molecular complexity index is 620. The number of imidazole rings is 1. The molecule has 2 aromatic rings. The molecule has 5 nitrogen and oxygen atoms in total. The van der Waals surface area contributed by atoms with E-state index in [2.05, 4.69) is 23.2 Å². The fourth-order valence-corrected chi connectivity index (χ4v) is 2.59. The molecule has 0 bridgehead atoms. The second kappa shape index (κ2) is 5.36. The zero-order valence-electron chi connectivity index (χ0n) is 11.3. The van der Waals surface area contributed by atoms with Gasteiger partial charge in [-0.05, 0) is 17.5 Å². The molecule has 2 heterocycles. The molecule has 1 aromatic heterocycles. The number of anilines is 1. The number of nitrogens with zero attached hydrogens (tertiary/aromatic N) is 3. The lowest BCUT2D eigenvalue weighted by Crippen LogP contribution is -2.23. The molecule has 1 fully saturated rings. The van der Waals surface area contributed by atoms with E-state index in [4.69, 9.17) is 5.73 Å². The van der Waals surface area contributed by atoms with E-state index in [1.807, 2.05) is 21.7 Å². The van der Waals surface area contributed by atoms with Crippen LogP contribution in [-0.4, -0.2) is 26.9 Å².